The van der Waals surface area contributed by atoms with Gasteiger partial charge in [0.15, 0.2) is 5.69 Å². The number of rotatable bonds is 4. The van der Waals surface area contributed by atoms with Gasteiger partial charge in [-0.3, -0.25) is 10.1 Å². The quantitative estimate of drug-likeness (QED) is 0.695. The van der Waals surface area contributed by atoms with Crippen LogP contribution in [-0.2, 0) is 6.18 Å². The number of nitro benzene ring substituents is 1. The molecule has 0 radical (unpaired) electrons. The third kappa shape index (κ3) is 2.96. The van der Waals surface area contributed by atoms with Crippen molar-refractivity contribution in [3.8, 4) is 5.69 Å². The standard InChI is InChI=1S/C12H11F3N4O2/c1-2-16-8-4-3-5-9(11(8)19(20)21)18-7-6-10(17-18)12(13,14)15/h3-7,16H,2H2,1H3. The summed E-state index contributed by atoms with van der Waals surface area (Å²) < 4.78 is 38.5. The fraction of sp³-hybridized carbons (Fsp3) is 0.250. The van der Waals surface area contributed by atoms with Gasteiger partial charge in [0.25, 0.3) is 0 Å². The van der Waals surface area contributed by atoms with Gasteiger partial charge in [-0.2, -0.15) is 18.3 Å². The molecule has 1 N–H and O–H groups in total. The van der Waals surface area contributed by atoms with Crippen LogP contribution in [0.4, 0.5) is 24.5 Å². The number of nitrogens with one attached hydrogen (secondary N) is 1. The Balaban J connectivity index is 2.56. The molecule has 0 aliphatic rings. The minimum atomic E-state index is -4.60. The Bertz CT molecular complexity index is 667. The molecule has 0 aliphatic heterocycles. The van der Waals surface area contributed by atoms with E-state index in [-0.39, 0.29) is 17.1 Å². The van der Waals surface area contributed by atoms with Gasteiger partial charge in [0.2, 0.25) is 0 Å². The van der Waals surface area contributed by atoms with Crippen LogP contribution in [0.2, 0.25) is 0 Å². The van der Waals surface area contributed by atoms with Gasteiger partial charge >= 0.3 is 11.9 Å². The van der Waals surface area contributed by atoms with Gasteiger partial charge in [-0.15, -0.1) is 0 Å². The molecule has 0 saturated carbocycles. The first-order valence-corrected chi connectivity index (χ1v) is 5.99. The predicted molar refractivity (Wildman–Crippen MR) is 69.4 cm³/mol. The molecule has 0 spiro atoms. The highest BCUT2D eigenvalue weighted by Crippen LogP contribution is 2.33. The Morgan fingerprint density at radius 2 is 2.10 bits per heavy atom. The van der Waals surface area contributed by atoms with Crippen molar-refractivity contribution in [1.29, 1.82) is 0 Å². The average Bonchev–Trinajstić information content (AvgIpc) is 2.87. The van der Waals surface area contributed by atoms with E-state index in [1.165, 1.54) is 18.2 Å². The average molecular weight is 300 g/mol. The van der Waals surface area contributed by atoms with Crippen LogP contribution in [0.15, 0.2) is 30.5 Å². The molecule has 2 aromatic rings. The van der Waals surface area contributed by atoms with Crippen LogP contribution in [0, 0.1) is 10.1 Å². The second kappa shape index (κ2) is 5.43. The van der Waals surface area contributed by atoms with Gasteiger partial charge in [-0.1, -0.05) is 6.07 Å². The second-order valence-electron chi connectivity index (χ2n) is 4.10. The predicted octanol–water partition coefficient (Wildman–Crippen LogP) is 3.23. The molecule has 21 heavy (non-hydrogen) atoms. The molecule has 0 unspecified atom stereocenters. The van der Waals surface area contributed by atoms with Gasteiger partial charge < -0.3 is 5.32 Å². The Labute approximate surface area is 117 Å². The minimum absolute atomic E-state index is 0.0334. The summed E-state index contributed by atoms with van der Waals surface area (Å²) in [6.07, 6.45) is -3.56. The maximum Gasteiger partial charge on any atom is 0.435 e. The van der Waals surface area contributed by atoms with E-state index in [2.05, 4.69) is 10.4 Å². The number of benzene rings is 1. The molecule has 0 aliphatic carbocycles. The zero-order chi connectivity index (χ0) is 15.6. The maximum absolute atomic E-state index is 12.6. The Morgan fingerprint density at radius 1 is 1.38 bits per heavy atom. The molecule has 112 valence electrons. The van der Waals surface area contributed by atoms with E-state index in [4.69, 9.17) is 0 Å². The lowest BCUT2D eigenvalue weighted by Gasteiger charge is -2.09. The van der Waals surface area contributed by atoms with Gasteiger partial charge in [-0.25, -0.2) is 4.68 Å². The Kier molecular flexibility index (Phi) is 3.83. The van der Waals surface area contributed by atoms with E-state index in [1.54, 1.807) is 6.92 Å². The molecule has 0 fully saturated rings. The molecule has 2 rings (SSSR count). The molecular weight excluding hydrogens is 289 g/mol. The SMILES string of the molecule is CCNc1cccc(-n2ccc(C(F)(F)F)n2)c1[N+](=O)[O-]. The number of alkyl halides is 3. The molecule has 0 bridgehead atoms. The number of aromatic nitrogens is 2. The summed E-state index contributed by atoms with van der Waals surface area (Å²) >= 11 is 0. The Morgan fingerprint density at radius 3 is 2.62 bits per heavy atom. The molecule has 0 amide bonds. The zero-order valence-corrected chi connectivity index (χ0v) is 10.9. The van der Waals surface area contributed by atoms with E-state index in [0.29, 0.717) is 6.54 Å². The molecule has 0 atom stereocenters. The summed E-state index contributed by atoms with van der Waals surface area (Å²) in [5.41, 5.74) is -1.24. The van der Waals surface area contributed by atoms with Gasteiger partial charge in [0, 0.05) is 12.7 Å². The van der Waals surface area contributed by atoms with E-state index >= 15 is 0 Å². The lowest BCUT2D eigenvalue weighted by atomic mass is 10.2. The molecule has 1 aromatic carbocycles. The van der Waals surface area contributed by atoms with E-state index in [1.807, 2.05) is 0 Å². The topological polar surface area (TPSA) is 73.0 Å². The van der Waals surface area contributed by atoms with Crippen molar-refractivity contribution in [2.45, 2.75) is 13.1 Å². The van der Waals surface area contributed by atoms with Crippen molar-refractivity contribution in [1.82, 2.24) is 9.78 Å². The number of nitrogens with zero attached hydrogens (tertiary/aromatic N) is 3. The normalized spacial score (nSPS) is 11.4. The van der Waals surface area contributed by atoms with Crippen LogP contribution in [0.1, 0.15) is 12.6 Å². The van der Waals surface area contributed by atoms with Crippen molar-refractivity contribution in [3.63, 3.8) is 0 Å². The summed E-state index contributed by atoms with van der Waals surface area (Å²) in [5, 5.41) is 17.4. The monoisotopic (exact) mass is 300 g/mol. The second-order valence-corrected chi connectivity index (χ2v) is 4.10. The molecule has 0 saturated heterocycles. The molecule has 6 nitrogen and oxygen atoms in total. The van der Waals surface area contributed by atoms with Crippen LogP contribution in [0.3, 0.4) is 0 Å². The number of halogens is 3. The highest BCUT2D eigenvalue weighted by molar-refractivity contribution is 5.70. The number of para-hydroxylation sites is 1. The van der Waals surface area contributed by atoms with Crippen molar-refractivity contribution in [3.05, 3.63) is 46.3 Å². The summed E-state index contributed by atoms with van der Waals surface area (Å²) in [6.45, 7) is 2.20. The molecule has 1 aromatic heterocycles. The van der Waals surface area contributed by atoms with E-state index < -0.39 is 16.8 Å². The van der Waals surface area contributed by atoms with Crippen LogP contribution in [0.25, 0.3) is 5.69 Å². The van der Waals surface area contributed by atoms with Crippen LogP contribution in [-0.4, -0.2) is 21.2 Å². The van der Waals surface area contributed by atoms with Crippen LogP contribution in [0.5, 0.6) is 0 Å². The fourth-order valence-electron chi connectivity index (χ4n) is 1.85. The van der Waals surface area contributed by atoms with Crippen molar-refractivity contribution >= 4 is 11.4 Å². The van der Waals surface area contributed by atoms with E-state index in [9.17, 15) is 23.3 Å². The summed E-state index contributed by atoms with van der Waals surface area (Å²) in [4.78, 5) is 10.5. The summed E-state index contributed by atoms with van der Waals surface area (Å²) in [5.74, 6) is 0. The smallest absolute Gasteiger partial charge is 0.380 e. The lowest BCUT2D eigenvalue weighted by Crippen LogP contribution is -2.09. The molecule has 1 heterocycles. The zero-order valence-electron chi connectivity index (χ0n) is 10.9. The molecule has 9 heteroatoms. The summed E-state index contributed by atoms with van der Waals surface area (Å²) in [6, 6.07) is 5.10. The summed E-state index contributed by atoms with van der Waals surface area (Å²) in [7, 11) is 0. The number of hydrogen-bond donors (Lipinski definition) is 1. The molecular formula is C12H11F3N4O2. The fourth-order valence-corrected chi connectivity index (χ4v) is 1.85. The lowest BCUT2D eigenvalue weighted by molar-refractivity contribution is -0.383. The van der Waals surface area contributed by atoms with Gasteiger partial charge in [0.05, 0.1) is 4.92 Å². The Hall–Kier alpha value is -2.58. The van der Waals surface area contributed by atoms with Crippen molar-refractivity contribution < 1.29 is 18.1 Å². The van der Waals surface area contributed by atoms with Gasteiger partial charge in [-0.05, 0) is 25.1 Å². The van der Waals surface area contributed by atoms with Crippen LogP contribution >= 0.6 is 0 Å². The number of nitro groups is 1. The van der Waals surface area contributed by atoms with Crippen molar-refractivity contribution in [2.75, 3.05) is 11.9 Å². The first-order valence-electron chi connectivity index (χ1n) is 5.99. The van der Waals surface area contributed by atoms with E-state index in [0.717, 1.165) is 16.9 Å². The number of anilines is 1. The first kappa shape index (κ1) is 14.8. The van der Waals surface area contributed by atoms with Crippen LogP contribution < -0.4 is 5.32 Å². The highest BCUT2D eigenvalue weighted by Gasteiger charge is 2.34. The minimum Gasteiger partial charge on any atom is -0.380 e. The third-order valence-corrected chi connectivity index (χ3v) is 2.69. The third-order valence-electron chi connectivity index (χ3n) is 2.69. The number of hydrogen-bond acceptors (Lipinski definition) is 4. The first-order chi connectivity index (χ1) is 9.84. The van der Waals surface area contributed by atoms with Crippen molar-refractivity contribution in [2.24, 2.45) is 0 Å². The maximum atomic E-state index is 12.6. The highest BCUT2D eigenvalue weighted by atomic mass is 19.4. The largest absolute Gasteiger partial charge is 0.435 e. The van der Waals surface area contributed by atoms with Gasteiger partial charge in [0.1, 0.15) is 11.4 Å².